The van der Waals surface area contributed by atoms with Crippen LogP contribution in [0.15, 0.2) is 42.6 Å². The first-order valence-corrected chi connectivity index (χ1v) is 9.92. The Bertz CT molecular complexity index is 1160. The van der Waals surface area contributed by atoms with Gasteiger partial charge < -0.3 is 24.7 Å². The number of hydrogen-bond acceptors (Lipinski definition) is 10. The van der Waals surface area contributed by atoms with Crippen molar-refractivity contribution in [3.63, 3.8) is 0 Å². The summed E-state index contributed by atoms with van der Waals surface area (Å²) in [5.74, 6) is 1.63. The van der Waals surface area contributed by atoms with Gasteiger partial charge in [-0.2, -0.15) is 4.98 Å². The van der Waals surface area contributed by atoms with Crippen molar-refractivity contribution in [1.82, 2.24) is 9.97 Å². The second-order valence-corrected chi connectivity index (χ2v) is 6.94. The van der Waals surface area contributed by atoms with Crippen LogP contribution < -0.4 is 25.3 Å². The molecule has 0 aliphatic rings. The van der Waals surface area contributed by atoms with Crippen molar-refractivity contribution in [3.05, 3.63) is 69.4 Å². The lowest BCUT2D eigenvalue weighted by Crippen LogP contribution is -2.16. The molecular weight excluding hydrogens is 446 g/mol. The Labute approximate surface area is 194 Å². The average molecular weight is 469 g/mol. The summed E-state index contributed by atoms with van der Waals surface area (Å²) in [5.41, 5.74) is 8.04. The molecule has 178 valence electrons. The predicted octanol–water partition coefficient (Wildman–Crippen LogP) is 3.33. The highest BCUT2D eigenvalue weighted by molar-refractivity contribution is 5.82. The fourth-order valence-electron chi connectivity index (χ4n) is 3.06. The van der Waals surface area contributed by atoms with Gasteiger partial charge in [-0.15, -0.1) is 0 Å². The first kappa shape index (κ1) is 24.0. The van der Waals surface area contributed by atoms with Crippen molar-refractivity contribution in [2.24, 2.45) is 0 Å². The van der Waals surface area contributed by atoms with Crippen molar-refractivity contribution in [2.75, 3.05) is 32.4 Å². The van der Waals surface area contributed by atoms with Gasteiger partial charge in [-0.05, 0) is 35.4 Å². The van der Waals surface area contributed by atoms with Crippen molar-refractivity contribution < 1.29 is 28.7 Å². The molecule has 0 atom stereocenters. The minimum absolute atomic E-state index is 0.0279. The number of methoxy groups -OCH3 is 3. The number of benzene rings is 2. The molecular formula is C22H23N5O7. The van der Waals surface area contributed by atoms with Crippen molar-refractivity contribution in [2.45, 2.75) is 13.0 Å². The van der Waals surface area contributed by atoms with Gasteiger partial charge in [-0.1, -0.05) is 0 Å². The zero-order chi connectivity index (χ0) is 24.7. The van der Waals surface area contributed by atoms with Crippen LogP contribution in [-0.4, -0.2) is 42.3 Å². The van der Waals surface area contributed by atoms with E-state index in [4.69, 9.17) is 24.7 Å². The molecule has 2 aromatic carbocycles. The number of nitro groups is 1. The second kappa shape index (κ2) is 10.8. The minimum atomic E-state index is -0.796. The molecule has 34 heavy (non-hydrogen) atoms. The van der Waals surface area contributed by atoms with E-state index in [-0.39, 0.29) is 24.1 Å². The molecule has 1 aromatic heterocycles. The zero-order valence-corrected chi connectivity index (χ0v) is 18.7. The molecule has 3 rings (SSSR count). The van der Waals surface area contributed by atoms with E-state index in [1.807, 2.05) is 0 Å². The molecule has 0 aliphatic carbocycles. The second-order valence-electron chi connectivity index (χ2n) is 6.94. The van der Waals surface area contributed by atoms with E-state index in [1.165, 1.54) is 51.8 Å². The largest absolute Gasteiger partial charge is 0.493 e. The quantitative estimate of drug-likeness (QED) is 0.351. The lowest BCUT2D eigenvalue weighted by atomic mass is 10.1. The van der Waals surface area contributed by atoms with Crippen LogP contribution in [0.2, 0.25) is 0 Å². The van der Waals surface area contributed by atoms with E-state index in [0.29, 0.717) is 34.8 Å². The van der Waals surface area contributed by atoms with Gasteiger partial charge in [0.05, 0.1) is 26.3 Å². The van der Waals surface area contributed by atoms with E-state index in [2.05, 4.69) is 15.3 Å². The number of amides is 1. The number of carbonyl (C=O) groups excluding carboxylic acids is 1. The summed E-state index contributed by atoms with van der Waals surface area (Å²) in [6.45, 7) is -0.0848. The maximum Gasteiger partial charge on any atom is 0.414 e. The van der Waals surface area contributed by atoms with Crippen LogP contribution in [0.3, 0.4) is 0 Å². The average Bonchev–Trinajstić information content (AvgIpc) is 2.84. The van der Waals surface area contributed by atoms with Gasteiger partial charge in [-0.3, -0.25) is 15.4 Å². The number of non-ortho nitro benzene ring substituents is 1. The number of nitrogens with two attached hydrogens (primary N) is 1. The highest BCUT2D eigenvalue weighted by atomic mass is 16.6. The number of anilines is 2. The number of carbonyl (C=O) groups is 1. The van der Waals surface area contributed by atoms with Crippen LogP contribution in [0.1, 0.15) is 16.7 Å². The summed E-state index contributed by atoms with van der Waals surface area (Å²) in [5, 5.41) is 13.1. The number of nitrogens with one attached hydrogen (secondary N) is 1. The number of aromatic nitrogens is 2. The van der Waals surface area contributed by atoms with E-state index >= 15 is 0 Å². The first-order chi connectivity index (χ1) is 16.3. The van der Waals surface area contributed by atoms with E-state index in [1.54, 1.807) is 12.1 Å². The van der Waals surface area contributed by atoms with E-state index in [0.717, 1.165) is 5.56 Å². The molecule has 0 spiro atoms. The molecule has 12 nitrogen and oxygen atoms in total. The Balaban J connectivity index is 1.63. The molecule has 1 amide bonds. The van der Waals surface area contributed by atoms with Gasteiger partial charge in [0.25, 0.3) is 5.69 Å². The third-order valence-corrected chi connectivity index (χ3v) is 4.75. The van der Waals surface area contributed by atoms with Gasteiger partial charge in [-0.25, -0.2) is 9.78 Å². The standard InChI is InChI=1S/C22H23N5O7/c1-31-17-9-14(10-18(32-2)19(17)33-3)8-15-11-24-21(25-20(15)23)26-22(28)34-12-13-4-6-16(7-5-13)27(29)30/h4-7,9-11H,8,12H2,1-3H3,(H3,23,24,25,26,28). The first-order valence-electron chi connectivity index (χ1n) is 9.92. The van der Waals surface area contributed by atoms with E-state index in [9.17, 15) is 14.9 Å². The summed E-state index contributed by atoms with van der Waals surface area (Å²) < 4.78 is 21.1. The lowest BCUT2D eigenvalue weighted by Gasteiger charge is -2.14. The number of rotatable bonds is 9. The van der Waals surface area contributed by atoms with Crippen LogP contribution in [0.5, 0.6) is 17.2 Å². The molecule has 0 aliphatic heterocycles. The maximum absolute atomic E-state index is 12.0. The normalized spacial score (nSPS) is 10.3. The molecule has 0 bridgehead atoms. The maximum atomic E-state index is 12.0. The Hall–Kier alpha value is -4.61. The Morgan fingerprint density at radius 1 is 1.06 bits per heavy atom. The molecule has 1 heterocycles. The number of ether oxygens (including phenoxy) is 4. The molecule has 12 heteroatoms. The summed E-state index contributed by atoms with van der Waals surface area (Å²) in [6.07, 6.45) is 1.08. The lowest BCUT2D eigenvalue weighted by molar-refractivity contribution is -0.384. The smallest absolute Gasteiger partial charge is 0.414 e. The van der Waals surface area contributed by atoms with Crippen LogP contribution in [0, 0.1) is 10.1 Å². The third-order valence-electron chi connectivity index (χ3n) is 4.75. The fourth-order valence-corrected chi connectivity index (χ4v) is 3.06. The molecule has 3 N–H and O–H groups in total. The number of nitrogens with zero attached hydrogens (tertiary/aromatic N) is 3. The molecule has 0 radical (unpaired) electrons. The molecule has 3 aromatic rings. The molecule has 0 saturated carbocycles. The van der Waals surface area contributed by atoms with Crippen LogP contribution in [-0.2, 0) is 17.8 Å². The predicted molar refractivity (Wildman–Crippen MR) is 122 cm³/mol. The van der Waals surface area contributed by atoms with Crippen LogP contribution in [0.4, 0.5) is 22.2 Å². The van der Waals surface area contributed by atoms with E-state index < -0.39 is 11.0 Å². The van der Waals surface area contributed by atoms with Gasteiger partial charge >= 0.3 is 6.09 Å². The molecule has 0 unspecified atom stereocenters. The highest BCUT2D eigenvalue weighted by Crippen LogP contribution is 2.38. The van der Waals surface area contributed by atoms with Crippen molar-refractivity contribution in [3.8, 4) is 17.2 Å². The van der Waals surface area contributed by atoms with Gasteiger partial charge in [0.2, 0.25) is 11.7 Å². The highest BCUT2D eigenvalue weighted by Gasteiger charge is 2.15. The van der Waals surface area contributed by atoms with Gasteiger partial charge in [0, 0.05) is 30.3 Å². The number of hydrogen-bond donors (Lipinski definition) is 2. The number of nitrogen functional groups attached to an aromatic ring is 1. The van der Waals surface area contributed by atoms with Crippen LogP contribution >= 0.6 is 0 Å². The molecule has 0 fully saturated rings. The Morgan fingerprint density at radius 2 is 1.71 bits per heavy atom. The zero-order valence-electron chi connectivity index (χ0n) is 18.7. The monoisotopic (exact) mass is 469 g/mol. The van der Waals surface area contributed by atoms with Crippen molar-refractivity contribution >= 4 is 23.5 Å². The van der Waals surface area contributed by atoms with Crippen molar-refractivity contribution in [1.29, 1.82) is 0 Å². The summed E-state index contributed by atoms with van der Waals surface area (Å²) in [6, 6.07) is 9.24. The summed E-state index contributed by atoms with van der Waals surface area (Å²) >= 11 is 0. The SMILES string of the molecule is COc1cc(Cc2cnc(NC(=O)OCc3ccc([N+](=O)[O-])cc3)nc2N)cc(OC)c1OC. The van der Waals surface area contributed by atoms with Gasteiger partial charge in [0.1, 0.15) is 12.4 Å². The topological polar surface area (TPSA) is 161 Å². The van der Waals surface area contributed by atoms with Crippen LogP contribution in [0.25, 0.3) is 0 Å². The van der Waals surface area contributed by atoms with Gasteiger partial charge in [0.15, 0.2) is 11.5 Å². The molecule has 0 saturated heterocycles. The summed E-state index contributed by atoms with van der Waals surface area (Å²) in [4.78, 5) is 30.4. The number of nitro benzene ring substituents is 1. The third kappa shape index (κ3) is 5.79. The fraction of sp³-hybridized carbons (Fsp3) is 0.227. The minimum Gasteiger partial charge on any atom is -0.493 e. The Morgan fingerprint density at radius 3 is 2.24 bits per heavy atom. The Kier molecular flexibility index (Phi) is 7.64. The summed E-state index contributed by atoms with van der Waals surface area (Å²) in [7, 11) is 4.58.